The fourth-order valence-electron chi connectivity index (χ4n) is 7.21. The van der Waals surface area contributed by atoms with Crippen LogP contribution in [0.15, 0.2) is 116 Å². The molecule has 0 saturated heterocycles. The summed E-state index contributed by atoms with van der Waals surface area (Å²) < 4.78 is 6.70. The van der Waals surface area contributed by atoms with E-state index in [-0.39, 0.29) is 5.41 Å². The predicted octanol–water partition coefficient (Wildman–Crippen LogP) is 12.0. The molecule has 0 amide bonds. The molecule has 45 heavy (non-hydrogen) atoms. The molecule has 5 aromatic rings. The predicted molar refractivity (Wildman–Crippen MR) is 196 cm³/mol. The van der Waals surface area contributed by atoms with Crippen molar-refractivity contribution in [1.29, 1.82) is 0 Å². The van der Waals surface area contributed by atoms with Gasteiger partial charge >= 0.3 is 0 Å². The Balaban J connectivity index is 1.73. The van der Waals surface area contributed by atoms with Gasteiger partial charge in [-0.1, -0.05) is 156 Å². The summed E-state index contributed by atoms with van der Waals surface area (Å²) in [7, 11) is -0.784. The Bertz CT molecular complexity index is 1820. The smallest absolute Gasteiger partial charge is 0.131 e. The van der Waals surface area contributed by atoms with Crippen LogP contribution in [0.2, 0.25) is 12.1 Å². The molecule has 1 atom stereocenters. The Morgan fingerprint density at radius 1 is 0.711 bits per heavy atom. The summed E-state index contributed by atoms with van der Waals surface area (Å²) in [5.41, 5.74) is 16.2. The van der Waals surface area contributed by atoms with Crippen LogP contribution >= 0.6 is 0 Å². The maximum Gasteiger partial charge on any atom is 0.131 e. The lowest BCUT2D eigenvalue weighted by atomic mass is 9.80. The first-order chi connectivity index (χ1) is 21.8. The molecule has 0 bridgehead atoms. The van der Waals surface area contributed by atoms with Gasteiger partial charge < -0.3 is 4.74 Å². The van der Waals surface area contributed by atoms with Crippen molar-refractivity contribution in [2.45, 2.75) is 64.6 Å². The van der Waals surface area contributed by atoms with Crippen molar-refractivity contribution in [1.82, 2.24) is 0 Å². The largest absolute Gasteiger partial charge is 0.489 e. The molecule has 1 nitrogen and oxygen atoms in total. The van der Waals surface area contributed by atoms with Crippen LogP contribution in [0.1, 0.15) is 62.4 Å². The molecular weight excluding hydrogens is 561 g/mol. The van der Waals surface area contributed by atoms with E-state index < -0.39 is 8.80 Å². The second-order valence-electron chi connectivity index (χ2n) is 13.3. The van der Waals surface area contributed by atoms with Crippen LogP contribution in [0.3, 0.4) is 0 Å². The van der Waals surface area contributed by atoms with E-state index in [1.165, 1.54) is 78.8 Å². The van der Waals surface area contributed by atoms with Crippen LogP contribution in [0, 0.1) is 6.92 Å². The van der Waals surface area contributed by atoms with E-state index in [0.29, 0.717) is 12.1 Å². The van der Waals surface area contributed by atoms with Gasteiger partial charge in [-0.3, -0.25) is 0 Å². The minimum atomic E-state index is -0.784. The SMILES string of the molecule is C=CCOc1c(-c2c(-c3ccccc3)ccc3c2C([Si](CC)CC)c2cc(-c4ccccc4)ccc2-3)cc(C)cc1C(C)(C)C. The summed E-state index contributed by atoms with van der Waals surface area (Å²) in [6.45, 7) is 18.4. The quantitative estimate of drug-likeness (QED) is 0.120. The Hall–Kier alpha value is -4.14. The van der Waals surface area contributed by atoms with Gasteiger partial charge in [0, 0.05) is 16.7 Å². The molecule has 0 N–H and O–H groups in total. The summed E-state index contributed by atoms with van der Waals surface area (Å²) in [5, 5.41) is 0. The molecule has 227 valence electrons. The molecule has 0 fully saturated rings. The number of hydrogen-bond acceptors (Lipinski definition) is 1. The number of rotatable bonds is 9. The van der Waals surface area contributed by atoms with Crippen LogP contribution in [-0.2, 0) is 5.41 Å². The summed E-state index contributed by atoms with van der Waals surface area (Å²) in [5.74, 6) is 0.986. The van der Waals surface area contributed by atoms with E-state index >= 15 is 0 Å². The highest BCUT2D eigenvalue weighted by atomic mass is 28.3. The number of benzene rings is 5. The summed E-state index contributed by atoms with van der Waals surface area (Å²) >= 11 is 0. The molecule has 1 unspecified atom stereocenters. The Labute approximate surface area is 272 Å². The lowest BCUT2D eigenvalue weighted by Crippen LogP contribution is -2.22. The maximum atomic E-state index is 6.70. The lowest BCUT2D eigenvalue weighted by Gasteiger charge is -2.29. The standard InChI is InChI=1S/C43H45OSi/c1-8-25-44-41-37(26-29(4)27-38(41)43(5,6)7)39-33(31-19-15-12-16-20-31)23-24-35-34-22-21-32(30-17-13-11-14-18-30)28-36(34)42(40(35)39)45(9-2)10-3/h8,11-24,26-28,42H,1,9-10,25H2,2-7H3. The molecule has 0 heterocycles. The molecule has 0 saturated carbocycles. The molecule has 1 aliphatic rings. The topological polar surface area (TPSA) is 9.23 Å². The first-order valence-electron chi connectivity index (χ1n) is 16.4. The van der Waals surface area contributed by atoms with Gasteiger partial charge in [0.2, 0.25) is 0 Å². The van der Waals surface area contributed by atoms with Crippen molar-refractivity contribution < 1.29 is 4.74 Å². The molecule has 5 aromatic carbocycles. The zero-order valence-electron chi connectivity index (χ0n) is 27.7. The molecule has 1 radical (unpaired) electrons. The molecule has 0 aliphatic heterocycles. The van der Waals surface area contributed by atoms with Crippen molar-refractivity contribution in [3.63, 3.8) is 0 Å². The van der Waals surface area contributed by atoms with Gasteiger partial charge in [-0.2, -0.15) is 0 Å². The minimum absolute atomic E-state index is 0.0864. The Kier molecular flexibility index (Phi) is 8.71. The first kappa shape index (κ1) is 30.9. The molecule has 0 spiro atoms. The van der Waals surface area contributed by atoms with E-state index in [2.05, 4.69) is 151 Å². The van der Waals surface area contributed by atoms with Crippen molar-refractivity contribution in [2.24, 2.45) is 0 Å². The molecule has 1 aliphatic carbocycles. The van der Waals surface area contributed by atoms with Crippen LogP contribution < -0.4 is 4.74 Å². The van der Waals surface area contributed by atoms with Crippen molar-refractivity contribution in [3.8, 4) is 50.3 Å². The van der Waals surface area contributed by atoms with E-state index in [1.54, 1.807) is 0 Å². The van der Waals surface area contributed by atoms with Gasteiger partial charge in [0.25, 0.3) is 0 Å². The average Bonchev–Trinajstić information content (AvgIpc) is 3.38. The summed E-state index contributed by atoms with van der Waals surface area (Å²) in [6.07, 6.45) is 1.86. The normalized spacial score (nSPS) is 13.9. The second kappa shape index (κ2) is 12.7. The number of fused-ring (bicyclic) bond motifs is 3. The zero-order valence-corrected chi connectivity index (χ0v) is 28.7. The maximum absolute atomic E-state index is 6.70. The van der Waals surface area contributed by atoms with E-state index in [9.17, 15) is 0 Å². The second-order valence-corrected chi connectivity index (χ2v) is 16.6. The highest BCUT2D eigenvalue weighted by Crippen LogP contribution is 2.56. The fraction of sp³-hybridized carbons (Fsp3) is 0.256. The van der Waals surface area contributed by atoms with Gasteiger partial charge in [0.15, 0.2) is 0 Å². The van der Waals surface area contributed by atoms with Crippen LogP contribution in [0.4, 0.5) is 0 Å². The minimum Gasteiger partial charge on any atom is -0.489 e. The van der Waals surface area contributed by atoms with Crippen molar-refractivity contribution in [2.75, 3.05) is 6.61 Å². The van der Waals surface area contributed by atoms with Gasteiger partial charge in [-0.15, -0.1) is 0 Å². The Morgan fingerprint density at radius 2 is 1.33 bits per heavy atom. The molecule has 6 rings (SSSR count). The van der Waals surface area contributed by atoms with E-state index in [4.69, 9.17) is 4.74 Å². The summed E-state index contributed by atoms with van der Waals surface area (Å²) in [6, 6.07) is 40.9. The highest BCUT2D eigenvalue weighted by Gasteiger charge is 2.38. The van der Waals surface area contributed by atoms with E-state index in [1.807, 2.05) is 6.08 Å². The van der Waals surface area contributed by atoms with E-state index in [0.717, 1.165) is 5.75 Å². The monoisotopic (exact) mass is 605 g/mol. The van der Waals surface area contributed by atoms with Crippen molar-refractivity contribution in [3.05, 3.63) is 138 Å². The molecule has 2 heteroatoms. The molecular formula is C43H45OSi. The van der Waals surface area contributed by atoms with Crippen molar-refractivity contribution >= 4 is 8.80 Å². The van der Waals surface area contributed by atoms with Gasteiger partial charge in [0.05, 0.1) is 8.80 Å². The third kappa shape index (κ3) is 5.73. The zero-order chi connectivity index (χ0) is 31.7. The van der Waals surface area contributed by atoms with Gasteiger partial charge in [0.1, 0.15) is 12.4 Å². The highest BCUT2D eigenvalue weighted by molar-refractivity contribution is 6.62. The fourth-order valence-corrected chi connectivity index (χ4v) is 9.91. The number of ether oxygens (including phenoxy) is 1. The first-order valence-corrected chi connectivity index (χ1v) is 18.4. The molecule has 0 aromatic heterocycles. The Morgan fingerprint density at radius 3 is 1.96 bits per heavy atom. The summed E-state index contributed by atoms with van der Waals surface area (Å²) in [4.78, 5) is 0. The average molecular weight is 606 g/mol. The number of aryl methyl sites for hydroxylation is 1. The third-order valence-electron chi connectivity index (χ3n) is 9.35. The van der Waals surface area contributed by atoms with Crippen LogP contribution in [-0.4, -0.2) is 15.4 Å². The van der Waals surface area contributed by atoms with Crippen LogP contribution in [0.25, 0.3) is 44.5 Å². The number of hydrogen-bond donors (Lipinski definition) is 0. The van der Waals surface area contributed by atoms with Crippen LogP contribution in [0.5, 0.6) is 5.75 Å². The lowest BCUT2D eigenvalue weighted by molar-refractivity contribution is 0.352. The van der Waals surface area contributed by atoms with Gasteiger partial charge in [-0.25, -0.2) is 0 Å². The third-order valence-corrected chi connectivity index (χ3v) is 12.6. The van der Waals surface area contributed by atoms with Gasteiger partial charge in [-0.05, 0) is 74.0 Å².